The standard InChI is InChI=1S/C15H13ClF3NO6/c1-23-13(21)9-6-25-7-20(12(9)14(22)24-2)8-3-4-11(10(16)5-8)26-15(17,18)19/h3-5H,6-7H2,1-2H3. The number of hydrogen-bond acceptors (Lipinski definition) is 7. The Kier molecular flexibility index (Phi) is 5.98. The maximum atomic E-state index is 12.3. The minimum absolute atomic E-state index is 0.0997. The van der Waals surface area contributed by atoms with Gasteiger partial charge in [0.05, 0.1) is 31.4 Å². The van der Waals surface area contributed by atoms with E-state index in [4.69, 9.17) is 16.3 Å². The van der Waals surface area contributed by atoms with E-state index in [1.807, 2.05) is 0 Å². The zero-order chi connectivity index (χ0) is 19.5. The zero-order valence-corrected chi connectivity index (χ0v) is 14.3. The molecule has 0 fully saturated rings. The minimum Gasteiger partial charge on any atom is -0.466 e. The monoisotopic (exact) mass is 395 g/mol. The number of rotatable bonds is 4. The van der Waals surface area contributed by atoms with Crippen LogP contribution in [0, 0.1) is 0 Å². The highest BCUT2D eigenvalue weighted by molar-refractivity contribution is 6.32. The van der Waals surface area contributed by atoms with Crippen LogP contribution >= 0.6 is 11.6 Å². The van der Waals surface area contributed by atoms with E-state index in [9.17, 15) is 22.8 Å². The van der Waals surface area contributed by atoms with Gasteiger partial charge in [-0.3, -0.25) is 0 Å². The summed E-state index contributed by atoms with van der Waals surface area (Å²) in [7, 11) is 2.24. The van der Waals surface area contributed by atoms with Crippen molar-refractivity contribution < 1.29 is 41.7 Å². The number of esters is 2. The molecular formula is C15H13ClF3NO6. The lowest BCUT2D eigenvalue weighted by molar-refractivity contribution is -0.274. The summed E-state index contributed by atoms with van der Waals surface area (Å²) in [6.45, 7) is -0.364. The van der Waals surface area contributed by atoms with E-state index in [-0.39, 0.29) is 35.3 Å². The summed E-state index contributed by atoms with van der Waals surface area (Å²) in [4.78, 5) is 25.2. The van der Waals surface area contributed by atoms with Gasteiger partial charge in [0.15, 0.2) is 0 Å². The molecule has 11 heteroatoms. The van der Waals surface area contributed by atoms with Gasteiger partial charge in [0.1, 0.15) is 18.2 Å². The molecular weight excluding hydrogens is 383 g/mol. The number of carbonyl (C=O) groups is 2. The van der Waals surface area contributed by atoms with Crippen molar-refractivity contribution in [3.05, 3.63) is 34.5 Å². The van der Waals surface area contributed by atoms with Crippen molar-refractivity contribution in [1.82, 2.24) is 0 Å². The number of methoxy groups -OCH3 is 2. The van der Waals surface area contributed by atoms with Crippen molar-refractivity contribution in [2.75, 3.05) is 32.5 Å². The Balaban J connectivity index is 2.46. The molecule has 0 aliphatic carbocycles. The Morgan fingerprint density at radius 2 is 1.85 bits per heavy atom. The van der Waals surface area contributed by atoms with Gasteiger partial charge in [-0.1, -0.05) is 11.6 Å². The predicted molar refractivity (Wildman–Crippen MR) is 82.5 cm³/mol. The van der Waals surface area contributed by atoms with Crippen LogP contribution in [0.2, 0.25) is 5.02 Å². The summed E-state index contributed by atoms with van der Waals surface area (Å²) in [6, 6.07) is 3.33. The van der Waals surface area contributed by atoms with Gasteiger partial charge in [-0.25, -0.2) is 9.59 Å². The molecule has 0 bridgehead atoms. The fourth-order valence-electron chi connectivity index (χ4n) is 2.21. The zero-order valence-electron chi connectivity index (χ0n) is 13.6. The molecule has 0 spiro atoms. The van der Waals surface area contributed by atoms with Crippen LogP contribution in [0.1, 0.15) is 0 Å². The highest BCUT2D eigenvalue weighted by Crippen LogP contribution is 2.35. The van der Waals surface area contributed by atoms with E-state index in [0.29, 0.717) is 0 Å². The summed E-state index contributed by atoms with van der Waals surface area (Å²) < 4.78 is 55.3. The summed E-state index contributed by atoms with van der Waals surface area (Å²) in [5.74, 6) is -2.27. The molecule has 1 aromatic carbocycles. The number of alkyl halides is 3. The molecule has 0 atom stereocenters. The SMILES string of the molecule is COC(=O)C1=C(C(=O)OC)N(c2ccc(OC(F)(F)F)c(Cl)c2)COC1. The second-order valence-corrected chi connectivity index (χ2v) is 5.29. The Morgan fingerprint density at radius 1 is 1.19 bits per heavy atom. The lowest BCUT2D eigenvalue weighted by atomic mass is 10.1. The molecule has 2 rings (SSSR count). The first kappa shape index (κ1) is 19.9. The topological polar surface area (TPSA) is 74.3 Å². The Morgan fingerprint density at radius 3 is 2.38 bits per heavy atom. The van der Waals surface area contributed by atoms with Crippen LogP contribution in [-0.2, 0) is 23.8 Å². The lowest BCUT2D eigenvalue weighted by Gasteiger charge is -2.31. The number of ether oxygens (including phenoxy) is 4. The van der Waals surface area contributed by atoms with Gasteiger partial charge in [-0.2, -0.15) is 0 Å². The average molecular weight is 396 g/mol. The number of anilines is 1. The molecule has 0 unspecified atom stereocenters. The Hall–Kier alpha value is -2.46. The molecule has 1 aliphatic heterocycles. The van der Waals surface area contributed by atoms with Gasteiger partial charge < -0.3 is 23.8 Å². The quantitative estimate of drug-likeness (QED) is 0.725. The molecule has 0 N–H and O–H groups in total. The largest absolute Gasteiger partial charge is 0.573 e. The van der Waals surface area contributed by atoms with E-state index in [1.54, 1.807) is 0 Å². The molecule has 0 aromatic heterocycles. The maximum absolute atomic E-state index is 12.3. The van der Waals surface area contributed by atoms with Gasteiger partial charge in [-0.15, -0.1) is 13.2 Å². The maximum Gasteiger partial charge on any atom is 0.573 e. The van der Waals surface area contributed by atoms with E-state index in [0.717, 1.165) is 26.4 Å². The fourth-order valence-corrected chi connectivity index (χ4v) is 2.43. The first-order valence-electron chi connectivity index (χ1n) is 6.98. The molecule has 26 heavy (non-hydrogen) atoms. The molecule has 0 radical (unpaired) electrons. The van der Waals surface area contributed by atoms with Crippen molar-refractivity contribution in [3.63, 3.8) is 0 Å². The minimum atomic E-state index is -4.91. The number of carbonyl (C=O) groups excluding carboxylic acids is 2. The summed E-state index contributed by atoms with van der Waals surface area (Å²) >= 11 is 5.83. The van der Waals surface area contributed by atoms with Crippen molar-refractivity contribution in [2.24, 2.45) is 0 Å². The number of hydrogen-bond donors (Lipinski definition) is 0. The molecule has 1 aliphatic rings. The summed E-state index contributed by atoms with van der Waals surface area (Å²) in [6.07, 6.45) is -4.91. The molecule has 1 heterocycles. The van der Waals surface area contributed by atoms with Crippen LogP contribution in [0.25, 0.3) is 0 Å². The second-order valence-electron chi connectivity index (χ2n) is 4.88. The van der Waals surface area contributed by atoms with E-state index in [2.05, 4.69) is 14.2 Å². The van der Waals surface area contributed by atoms with Crippen LogP contribution in [-0.4, -0.2) is 45.9 Å². The second kappa shape index (κ2) is 7.83. The predicted octanol–water partition coefficient (Wildman–Crippen LogP) is 2.63. The molecule has 0 saturated heterocycles. The van der Waals surface area contributed by atoms with E-state index >= 15 is 0 Å². The highest BCUT2D eigenvalue weighted by atomic mass is 35.5. The lowest BCUT2D eigenvalue weighted by Crippen LogP contribution is -2.38. The van der Waals surface area contributed by atoms with E-state index < -0.39 is 24.1 Å². The third-order valence-electron chi connectivity index (χ3n) is 3.29. The van der Waals surface area contributed by atoms with Crippen molar-refractivity contribution in [1.29, 1.82) is 0 Å². The summed E-state index contributed by atoms with van der Waals surface area (Å²) in [5.41, 5.74) is -0.0745. The Bertz CT molecular complexity index is 749. The average Bonchev–Trinajstić information content (AvgIpc) is 2.60. The highest BCUT2D eigenvalue weighted by Gasteiger charge is 2.34. The van der Waals surface area contributed by atoms with Crippen LogP contribution in [0.15, 0.2) is 29.5 Å². The first-order valence-corrected chi connectivity index (χ1v) is 7.36. The molecule has 7 nitrogen and oxygen atoms in total. The number of halogens is 4. The Labute approximate surface area is 150 Å². The van der Waals surface area contributed by atoms with Crippen LogP contribution in [0.3, 0.4) is 0 Å². The molecule has 0 saturated carbocycles. The molecule has 0 amide bonds. The van der Waals surface area contributed by atoms with Gasteiger partial charge in [0.25, 0.3) is 0 Å². The van der Waals surface area contributed by atoms with Gasteiger partial charge in [0.2, 0.25) is 0 Å². The van der Waals surface area contributed by atoms with Crippen LogP contribution in [0.5, 0.6) is 5.75 Å². The first-order chi connectivity index (χ1) is 12.2. The molecule has 1 aromatic rings. The fraction of sp³-hybridized carbons (Fsp3) is 0.333. The normalized spacial score (nSPS) is 14.9. The van der Waals surface area contributed by atoms with Gasteiger partial charge in [0, 0.05) is 5.69 Å². The van der Waals surface area contributed by atoms with Crippen LogP contribution < -0.4 is 9.64 Å². The van der Waals surface area contributed by atoms with Crippen molar-refractivity contribution in [2.45, 2.75) is 6.36 Å². The smallest absolute Gasteiger partial charge is 0.466 e. The van der Waals surface area contributed by atoms with Crippen LogP contribution in [0.4, 0.5) is 18.9 Å². The number of nitrogens with zero attached hydrogens (tertiary/aromatic N) is 1. The van der Waals surface area contributed by atoms with E-state index in [1.165, 1.54) is 11.0 Å². The van der Waals surface area contributed by atoms with Gasteiger partial charge >= 0.3 is 18.3 Å². The molecule has 142 valence electrons. The third-order valence-corrected chi connectivity index (χ3v) is 3.58. The van der Waals surface area contributed by atoms with Crippen molar-refractivity contribution in [3.8, 4) is 5.75 Å². The summed E-state index contributed by atoms with van der Waals surface area (Å²) in [5, 5.41) is -0.353. The number of benzene rings is 1. The third kappa shape index (κ3) is 4.38. The van der Waals surface area contributed by atoms with Crippen molar-refractivity contribution >= 4 is 29.2 Å². The van der Waals surface area contributed by atoms with Gasteiger partial charge in [-0.05, 0) is 18.2 Å².